The van der Waals surface area contributed by atoms with Crippen LogP contribution >= 0.6 is 7.82 Å². The first kappa shape index (κ1) is 56.7. The lowest BCUT2D eigenvalue weighted by molar-refractivity contribution is -0.870. The van der Waals surface area contributed by atoms with Crippen molar-refractivity contribution in [2.75, 3.05) is 54.1 Å². The van der Waals surface area contributed by atoms with E-state index >= 15 is 0 Å². The molecule has 0 fully saturated rings. The molecule has 340 valence electrons. The van der Waals surface area contributed by atoms with Gasteiger partial charge in [-0.3, -0.25) is 9.36 Å². The fourth-order valence-electron chi connectivity index (χ4n) is 5.88. The number of esters is 1. The third-order valence-electron chi connectivity index (χ3n) is 9.45. The highest BCUT2D eigenvalue weighted by Crippen LogP contribution is 2.38. The van der Waals surface area contributed by atoms with Gasteiger partial charge in [0.2, 0.25) is 0 Å². The molecule has 0 radical (unpaired) electrons. The third kappa shape index (κ3) is 46.6. The smallest absolute Gasteiger partial charge is 0.306 e. The monoisotopic (exact) mass is 846 g/mol. The molecular weight excluding hydrogens is 758 g/mol. The number of likely N-dealkylation sites (N-methyl/N-ethyl adjacent to an activating group) is 1. The zero-order valence-corrected chi connectivity index (χ0v) is 39.3. The molecule has 0 aromatic heterocycles. The number of unbranched alkanes of at least 4 members (excludes halogenated alkanes) is 14. The van der Waals surface area contributed by atoms with Crippen LogP contribution in [0.15, 0.2) is 85.1 Å². The van der Waals surface area contributed by atoms with Crippen molar-refractivity contribution in [3.63, 3.8) is 0 Å². The molecule has 0 saturated heterocycles. The van der Waals surface area contributed by atoms with E-state index in [0.29, 0.717) is 24.1 Å². The van der Waals surface area contributed by atoms with Gasteiger partial charge in [0.1, 0.15) is 19.3 Å². The Hall–Kier alpha value is -2.32. The maximum Gasteiger partial charge on any atom is 0.306 e. The predicted octanol–water partition coefficient (Wildman–Crippen LogP) is 13.4. The van der Waals surface area contributed by atoms with Crippen LogP contribution in [0.2, 0.25) is 0 Å². The Morgan fingerprint density at radius 3 is 1.47 bits per heavy atom. The van der Waals surface area contributed by atoms with Crippen molar-refractivity contribution in [1.29, 1.82) is 0 Å². The number of allylic oxidation sites excluding steroid dienone is 13. The van der Waals surface area contributed by atoms with E-state index < -0.39 is 13.9 Å². The second-order valence-electron chi connectivity index (χ2n) is 16.4. The molecule has 0 saturated carbocycles. The number of rotatable bonds is 42. The van der Waals surface area contributed by atoms with Gasteiger partial charge in [0.25, 0.3) is 7.82 Å². The van der Waals surface area contributed by atoms with Crippen molar-refractivity contribution in [3.8, 4) is 0 Å². The molecule has 2 unspecified atom stereocenters. The van der Waals surface area contributed by atoms with Gasteiger partial charge >= 0.3 is 5.97 Å². The summed E-state index contributed by atoms with van der Waals surface area (Å²) in [6, 6.07) is 0. The van der Waals surface area contributed by atoms with E-state index in [0.717, 1.165) is 57.8 Å². The van der Waals surface area contributed by atoms with Crippen molar-refractivity contribution in [3.05, 3.63) is 85.1 Å². The Morgan fingerprint density at radius 1 is 0.542 bits per heavy atom. The number of ether oxygens (including phenoxy) is 2. The predicted molar refractivity (Wildman–Crippen MR) is 249 cm³/mol. The first-order valence-electron chi connectivity index (χ1n) is 23.3. The number of nitrogens with zero attached hydrogens (tertiary/aromatic N) is 1. The molecular formula is C50H88NO7P. The van der Waals surface area contributed by atoms with E-state index in [4.69, 9.17) is 18.5 Å². The second-order valence-corrected chi connectivity index (χ2v) is 17.8. The SMILES string of the molecule is CC/C=C\C/C=C\C/C=C\C/C=C\C/C=C\CCOCC(COP(=O)([O-])OCC[N+](C)(C)C)OC(=O)CCCCCCCCCCC/C=C\C/C=C\CCCCCCC. The lowest BCUT2D eigenvalue weighted by atomic mass is 10.1. The molecule has 0 rings (SSSR count). The molecule has 0 N–H and O–H groups in total. The molecule has 0 amide bonds. The number of phosphoric ester groups is 1. The van der Waals surface area contributed by atoms with Crippen LogP contribution in [0.4, 0.5) is 0 Å². The van der Waals surface area contributed by atoms with Gasteiger partial charge in [-0.25, -0.2) is 0 Å². The van der Waals surface area contributed by atoms with Gasteiger partial charge in [-0.15, -0.1) is 0 Å². The topological polar surface area (TPSA) is 94.1 Å². The first-order chi connectivity index (χ1) is 28.6. The standard InChI is InChI=1S/C50H88NO7P/c1-6-8-10-12-14-16-18-20-22-24-25-26-27-28-29-31-33-35-37-39-41-43-50(52)58-49(48-57-59(53,54)56-46-44-51(3,4)5)47-55-45-42-40-38-36-34-32-30-23-21-19-17-15-13-11-9-7-2/h9,11,15,17-18,20-21,23-25,32,34,38,40,49H,6-8,10,12-14,16,19,22,26-31,33,35-37,39,41-48H2,1-5H3/b11-9-,17-15-,20-18-,23-21-,25-24-,34-32-,40-38-. The minimum atomic E-state index is -4.55. The van der Waals surface area contributed by atoms with Crippen molar-refractivity contribution in [2.24, 2.45) is 0 Å². The number of hydrogen-bond donors (Lipinski definition) is 0. The minimum Gasteiger partial charge on any atom is -0.756 e. The van der Waals surface area contributed by atoms with Gasteiger partial charge in [-0.2, -0.15) is 0 Å². The molecule has 2 atom stereocenters. The molecule has 0 aliphatic rings. The van der Waals surface area contributed by atoms with Crippen LogP contribution in [0.3, 0.4) is 0 Å². The van der Waals surface area contributed by atoms with E-state index in [-0.39, 0.29) is 32.2 Å². The van der Waals surface area contributed by atoms with Crippen molar-refractivity contribution in [1.82, 2.24) is 0 Å². The minimum absolute atomic E-state index is 0.00766. The molecule has 9 heteroatoms. The number of carbonyl (C=O) groups is 1. The Bertz CT molecular complexity index is 1210. The van der Waals surface area contributed by atoms with E-state index in [1.54, 1.807) is 0 Å². The molecule has 0 heterocycles. The largest absolute Gasteiger partial charge is 0.756 e. The van der Waals surface area contributed by atoms with Gasteiger partial charge in [-0.1, -0.05) is 170 Å². The van der Waals surface area contributed by atoms with Crippen molar-refractivity contribution in [2.45, 2.75) is 174 Å². The van der Waals surface area contributed by atoms with Crippen LogP contribution in [-0.4, -0.2) is 70.7 Å². The molecule has 8 nitrogen and oxygen atoms in total. The van der Waals surface area contributed by atoms with Gasteiger partial charge < -0.3 is 27.9 Å². The van der Waals surface area contributed by atoms with Crippen LogP contribution in [0, 0.1) is 0 Å². The maximum atomic E-state index is 12.7. The van der Waals surface area contributed by atoms with Gasteiger partial charge in [-0.05, 0) is 77.0 Å². The highest BCUT2D eigenvalue weighted by atomic mass is 31.2. The fraction of sp³-hybridized carbons (Fsp3) is 0.700. The highest BCUT2D eigenvalue weighted by Gasteiger charge is 2.20. The summed E-state index contributed by atoms with van der Waals surface area (Å²) in [6.45, 7) is 5.04. The van der Waals surface area contributed by atoms with Gasteiger partial charge in [0.05, 0.1) is 41.0 Å². The maximum absolute atomic E-state index is 12.7. The van der Waals surface area contributed by atoms with Crippen LogP contribution in [0.1, 0.15) is 168 Å². The van der Waals surface area contributed by atoms with Gasteiger partial charge in [0, 0.05) is 6.42 Å². The number of carbonyl (C=O) groups excluding carboxylic acids is 1. The quantitative estimate of drug-likeness (QED) is 0.0199. The summed E-state index contributed by atoms with van der Waals surface area (Å²) in [5, 5.41) is 0. The summed E-state index contributed by atoms with van der Waals surface area (Å²) in [6.07, 6.45) is 56.2. The van der Waals surface area contributed by atoms with E-state index in [1.807, 2.05) is 21.1 Å². The zero-order chi connectivity index (χ0) is 43.4. The van der Waals surface area contributed by atoms with E-state index in [2.05, 4.69) is 98.9 Å². The van der Waals surface area contributed by atoms with Crippen molar-refractivity contribution < 1.29 is 37.3 Å². The van der Waals surface area contributed by atoms with Crippen LogP contribution in [-0.2, 0) is 27.9 Å². The summed E-state index contributed by atoms with van der Waals surface area (Å²) in [4.78, 5) is 25.1. The van der Waals surface area contributed by atoms with Crippen LogP contribution in [0.5, 0.6) is 0 Å². The molecule has 0 aromatic rings. The summed E-state index contributed by atoms with van der Waals surface area (Å²) in [5.74, 6) is -0.366. The molecule has 0 bridgehead atoms. The summed E-state index contributed by atoms with van der Waals surface area (Å²) >= 11 is 0. The molecule has 0 aromatic carbocycles. The lowest BCUT2D eigenvalue weighted by Crippen LogP contribution is -2.37. The number of quaternary nitrogens is 1. The molecule has 0 aliphatic heterocycles. The Labute approximate surface area is 363 Å². The van der Waals surface area contributed by atoms with Gasteiger partial charge in [0.15, 0.2) is 0 Å². The van der Waals surface area contributed by atoms with Crippen LogP contribution < -0.4 is 4.89 Å². The first-order valence-corrected chi connectivity index (χ1v) is 24.8. The molecule has 0 aliphatic carbocycles. The summed E-state index contributed by atoms with van der Waals surface area (Å²) < 4.78 is 34.5. The van der Waals surface area contributed by atoms with E-state index in [1.165, 1.54) is 83.5 Å². The molecule has 0 spiro atoms. The second kappa shape index (κ2) is 42.4. The average Bonchev–Trinajstić information content (AvgIpc) is 3.19. The number of phosphoric acid groups is 1. The van der Waals surface area contributed by atoms with Crippen LogP contribution in [0.25, 0.3) is 0 Å². The highest BCUT2D eigenvalue weighted by molar-refractivity contribution is 7.45. The third-order valence-corrected chi connectivity index (χ3v) is 10.4. The van der Waals surface area contributed by atoms with E-state index in [9.17, 15) is 14.3 Å². The zero-order valence-electron chi connectivity index (χ0n) is 38.4. The fourth-order valence-corrected chi connectivity index (χ4v) is 6.60. The Kier molecular flexibility index (Phi) is 40.7. The lowest BCUT2D eigenvalue weighted by Gasteiger charge is -2.28. The Balaban J connectivity index is 4.31. The summed E-state index contributed by atoms with van der Waals surface area (Å²) in [5.41, 5.74) is 0. The molecule has 59 heavy (non-hydrogen) atoms. The Morgan fingerprint density at radius 2 is 0.983 bits per heavy atom. The number of hydrogen-bond acceptors (Lipinski definition) is 7. The van der Waals surface area contributed by atoms with Crippen molar-refractivity contribution >= 4 is 13.8 Å². The normalized spacial score (nSPS) is 14.5. The average molecular weight is 846 g/mol. The summed E-state index contributed by atoms with van der Waals surface area (Å²) in [7, 11) is 1.30.